The summed E-state index contributed by atoms with van der Waals surface area (Å²) in [7, 11) is 0. The van der Waals surface area contributed by atoms with Gasteiger partial charge < -0.3 is 9.42 Å². The fourth-order valence-corrected chi connectivity index (χ4v) is 4.55. The summed E-state index contributed by atoms with van der Waals surface area (Å²) in [5.74, 6) is 0.629. The fraction of sp³-hybridized carbons (Fsp3) is 0.381. The molecule has 1 saturated heterocycles. The lowest BCUT2D eigenvalue weighted by Crippen LogP contribution is -2.35. The smallest absolute Gasteiger partial charge is 0.259 e. The molecule has 3 aromatic rings. The predicted octanol–water partition coefficient (Wildman–Crippen LogP) is 3.76. The number of thiazole rings is 1. The number of rotatable bonds is 4. The van der Waals surface area contributed by atoms with Crippen LogP contribution in [0.25, 0.3) is 10.6 Å². The second-order valence-corrected chi connectivity index (χ2v) is 8.23. The third kappa shape index (κ3) is 4.00. The van der Waals surface area contributed by atoms with Crippen LogP contribution in [0.2, 0.25) is 0 Å². The van der Waals surface area contributed by atoms with Gasteiger partial charge in [0.05, 0.1) is 5.69 Å². The molecule has 7 heteroatoms. The molecule has 0 aliphatic carbocycles. The lowest BCUT2D eigenvalue weighted by atomic mass is 10.1. The van der Waals surface area contributed by atoms with E-state index in [2.05, 4.69) is 27.2 Å². The first-order chi connectivity index (χ1) is 13.6. The van der Waals surface area contributed by atoms with E-state index in [1.54, 1.807) is 18.3 Å². The molecule has 1 aliphatic heterocycles. The number of carbonyl (C=O) groups excluding carboxylic acids is 1. The fourth-order valence-electron chi connectivity index (χ4n) is 3.59. The van der Waals surface area contributed by atoms with Crippen molar-refractivity contribution >= 4 is 17.2 Å². The molecule has 0 bridgehead atoms. The van der Waals surface area contributed by atoms with E-state index in [1.165, 1.54) is 4.88 Å². The van der Waals surface area contributed by atoms with Crippen LogP contribution in [-0.4, -0.2) is 52.0 Å². The van der Waals surface area contributed by atoms with E-state index >= 15 is 0 Å². The number of benzene rings is 1. The SMILES string of the molecule is Cc1noc(C)c1C(=O)N1CCCN(Cc2cnc(-c3ccccc3)s2)CC1. The molecule has 0 saturated carbocycles. The Hall–Kier alpha value is -2.51. The van der Waals surface area contributed by atoms with Crippen LogP contribution in [0.4, 0.5) is 0 Å². The molecule has 6 nitrogen and oxygen atoms in total. The van der Waals surface area contributed by atoms with Crippen LogP contribution in [0.1, 0.15) is 33.1 Å². The Morgan fingerprint density at radius 2 is 1.96 bits per heavy atom. The second kappa shape index (κ2) is 8.24. The Balaban J connectivity index is 1.38. The lowest BCUT2D eigenvalue weighted by molar-refractivity contribution is 0.0758. The first-order valence-electron chi connectivity index (χ1n) is 9.56. The first-order valence-corrected chi connectivity index (χ1v) is 10.4. The van der Waals surface area contributed by atoms with Gasteiger partial charge in [0.15, 0.2) is 0 Å². The molecule has 1 aliphatic rings. The summed E-state index contributed by atoms with van der Waals surface area (Å²) >= 11 is 1.74. The highest BCUT2D eigenvalue weighted by Crippen LogP contribution is 2.26. The van der Waals surface area contributed by atoms with E-state index in [0.717, 1.165) is 43.2 Å². The minimum atomic E-state index is 0.0299. The maximum Gasteiger partial charge on any atom is 0.259 e. The zero-order chi connectivity index (χ0) is 19.5. The van der Waals surface area contributed by atoms with Gasteiger partial charge in [0.2, 0.25) is 0 Å². The van der Waals surface area contributed by atoms with Crippen molar-refractivity contribution in [3.8, 4) is 10.6 Å². The molecule has 1 aromatic carbocycles. The van der Waals surface area contributed by atoms with E-state index in [9.17, 15) is 4.79 Å². The van der Waals surface area contributed by atoms with Crippen LogP contribution in [0.5, 0.6) is 0 Å². The van der Waals surface area contributed by atoms with Gasteiger partial charge in [-0.05, 0) is 20.3 Å². The van der Waals surface area contributed by atoms with E-state index in [-0.39, 0.29) is 5.91 Å². The summed E-state index contributed by atoms with van der Waals surface area (Å²) in [5.41, 5.74) is 2.44. The van der Waals surface area contributed by atoms with Crippen molar-refractivity contribution in [2.24, 2.45) is 0 Å². The van der Waals surface area contributed by atoms with Crippen LogP contribution < -0.4 is 0 Å². The molecular formula is C21H24N4O2S. The van der Waals surface area contributed by atoms with Crippen molar-refractivity contribution in [2.75, 3.05) is 26.2 Å². The predicted molar refractivity (Wildman–Crippen MR) is 109 cm³/mol. The Morgan fingerprint density at radius 3 is 2.71 bits per heavy atom. The van der Waals surface area contributed by atoms with Crippen molar-refractivity contribution in [2.45, 2.75) is 26.8 Å². The molecule has 2 aromatic heterocycles. The van der Waals surface area contributed by atoms with Crippen LogP contribution in [0.3, 0.4) is 0 Å². The van der Waals surface area contributed by atoms with Gasteiger partial charge in [-0.3, -0.25) is 9.69 Å². The van der Waals surface area contributed by atoms with E-state index in [0.29, 0.717) is 23.6 Å². The number of amides is 1. The molecule has 0 unspecified atom stereocenters. The Labute approximate surface area is 168 Å². The highest BCUT2D eigenvalue weighted by molar-refractivity contribution is 7.15. The lowest BCUT2D eigenvalue weighted by Gasteiger charge is -2.21. The number of aryl methyl sites for hydroxylation is 2. The number of carbonyl (C=O) groups is 1. The molecule has 146 valence electrons. The molecule has 0 radical (unpaired) electrons. The average Bonchev–Trinajstić information content (AvgIpc) is 3.22. The quantitative estimate of drug-likeness (QED) is 0.672. The molecule has 0 N–H and O–H groups in total. The zero-order valence-electron chi connectivity index (χ0n) is 16.2. The largest absolute Gasteiger partial charge is 0.361 e. The van der Waals surface area contributed by atoms with E-state index in [4.69, 9.17) is 4.52 Å². The molecular weight excluding hydrogens is 372 g/mol. The van der Waals surface area contributed by atoms with Crippen molar-refractivity contribution < 1.29 is 9.32 Å². The molecule has 4 rings (SSSR count). The summed E-state index contributed by atoms with van der Waals surface area (Å²) in [6.45, 7) is 7.80. The topological polar surface area (TPSA) is 62.5 Å². The van der Waals surface area contributed by atoms with Crippen LogP contribution in [-0.2, 0) is 6.54 Å². The minimum absolute atomic E-state index is 0.0299. The summed E-state index contributed by atoms with van der Waals surface area (Å²) in [6, 6.07) is 10.3. The summed E-state index contributed by atoms with van der Waals surface area (Å²) in [4.78, 5) is 23.0. The highest BCUT2D eigenvalue weighted by Gasteiger charge is 2.25. The van der Waals surface area contributed by atoms with Crippen LogP contribution in [0, 0.1) is 13.8 Å². The summed E-state index contributed by atoms with van der Waals surface area (Å²) < 4.78 is 5.16. The van der Waals surface area contributed by atoms with Crippen molar-refractivity contribution in [3.63, 3.8) is 0 Å². The molecule has 3 heterocycles. The maximum atomic E-state index is 12.9. The molecule has 28 heavy (non-hydrogen) atoms. The summed E-state index contributed by atoms with van der Waals surface area (Å²) in [6.07, 6.45) is 2.93. The molecule has 0 spiro atoms. The van der Waals surface area contributed by atoms with E-state index in [1.807, 2.05) is 36.2 Å². The number of hydrogen-bond donors (Lipinski definition) is 0. The number of aromatic nitrogens is 2. The van der Waals surface area contributed by atoms with Crippen molar-refractivity contribution in [1.29, 1.82) is 0 Å². The van der Waals surface area contributed by atoms with E-state index < -0.39 is 0 Å². The molecule has 1 amide bonds. The Morgan fingerprint density at radius 1 is 1.14 bits per heavy atom. The third-order valence-electron chi connectivity index (χ3n) is 5.08. The maximum absolute atomic E-state index is 12.9. The van der Waals surface area contributed by atoms with Gasteiger partial charge in [-0.15, -0.1) is 11.3 Å². The standard InChI is InChI=1S/C21H24N4O2S/c1-15-19(16(2)27-23-15)21(26)25-10-6-9-24(11-12-25)14-18-13-22-20(28-18)17-7-4-3-5-8-17/h3-5,7-8,13H,6,9-12,14H2,1-2H3. The monoisotopic (exact) mass is 396 g/mol. The highest BCUT2D eigenvalue weighted by atomic mass is 32.1. The normalized spacial score (nSPS) is 15.6. The summed E-state index contributed by atoms with van der Waals surface area (Å²) in [5, 5.41) is 4.97. The minimum Gasteiger partial charge on any atom is -0.361 e. The first kappa shape index (κ1) is 18.8. The van der Waals surface area contributed by atoms with Crippen molar-refractivity contribution in [1.82, 2.24) is 19.9 Å². The zero-order valence-corrected chi connectivity index (χ0v) is 17.0. The van der Waals surface area contributed by atoms with Crippen LogP contribution in [0.15, 0.2) is 41.1 Å². The van der Waals surface area contributed by atoms with Crippen molar-refractivity contribution in [3.05, 3.63) is 58.4 Å². The molecule has 1 fully saturated rings. The number of nitrogens with zero attached hydrogens (tertiary/aromatic N) is 4. The van der Waals surface area contributed by atoms with Gasteiger partial charge in [-0.25, -0.2) is 4.98 Å². The van der Waals surface area contributed by atoms with Gasteiger partial charge in [-0.1, -0.05) is 35.5 Å². The second-order valence-electron chi connectivity index (χ2n) is 7.12. The average molecular weight is 397 g/mol. The Bertz CT molecular complexity index is 931. The van der Waals surface area contributed by atoms with Gasteiger partial charge in [0.25, 0.3) is 5.91 Å². The van der Waals surface area contributed by atoms with Crippen LogP contribution >= 0.6 is 11.3 Å². The third-order valence-corrected chi connectivity index (χ3v) is 6.11. The van der Waals surface area contributed by atoms with Gasteiger partial charge in [-0.2, -0.15) is 0 Å². The molecule has 0 atom stereocenters. The van der Waals surface area contributed by atoms with Gasteiger partial charge in [0, 0.05) is 49.4 Å². The van der Waals surface area contributed by atoms with Gasteiger partial charge >= 0.3 is 0 Å². The Kier molecular flexibility index (Phi) is 5.54. The van der Waals surface area contributed by atoms with Gasteiger partial charge in [0.1, 0.15) is 16.3 Å². The number of hydrogen-bond acceptors (Lipinski definition) is 6.